The Bertz CT molecular complexity index is 1000. The zero-order valence-electron chi connectivity index (χ0n) is 19.8. The number of hydrogen-bond acceptors (Lipinski definition) is 11. The second-order valence-corrected chi connectivity index (χ2v) is 8.92. The van der Waals surface area contributed by atoms with E-state index in [1.165, 1.54) is 0 Å². The van der Waals surface area contributed by atoms with E-state index in [4.69, 9.17) is 14.2 Å². The zero-order chi connectivity index (χ0) is 26.6. The van der Waals surface area contributed by atoms with Crippen LogP contribution >= 0.6 is 0 Å². The van der Waals surface area contributed by atoms with Crippen molar-refractivity contribution in [3.63, 3.8) is 0 Å². The van der Waals surface area contributed by atoms with Gasteiger partial charge in [-0.3, -0.25) is 0 Å². The number of aliphatic hydroxyl groups excluding tert-OH is 8. The summed E-state index contributed by atoms with van der Waals surface area (Å²) in [7, 11) is 0. The molecule has 0 saturated carbocycles. The lowest BCUT2D eigenvalue weighted by Crippen LogP contribution is -2.58. The maximum atomic E-state index is 10.2. The van der Waals surface area contributed by atoms with Crippen molar-refractivity contribution in [2.75, 3.05) is 13.2 Å². The normalized spacial score (nSPS) is 36.4. The SMILES string of the molecule is CC(C)Oc1cc(C#CC2OC(CO)C(O)C(O)C2O)ccc1C#CC1OC(CO)C(O)C(O)C1O. The lowest BCUT2D eigenvalue weighted by Gasteiger charge is -2.37. The van der Waals surface area contributed by atoms with E-state index in [1.807, 2.05) is 0 Å². The summed E-state index contributed by atoms with van der Waals surface area (Å²) in [4.78, 5) is 0. The van der Waals surface area contributed by atoms with Gasteiger partial charge in [0, 0.05) is 5.56 Å². The van der Waals surface area contributed by atoms with Crippen molar-refractivity contribution in [1.82, 2.24) is 0 Å². The molecule has 2 aliphatic heterocycles. The Morgan fingerprint density at radius 3 is 1.72 bits per heavy atom. The zero-order valence-corrected chi connectivity index (χ0v) is 19.8. The number of rotatable bonds is 4. The summed E-state index contributed by atoms with van der Waals surface area (Å²) in [5.74, 6) is 11.4. The standard InChI is InChI=1S/C25H32O11/c1-12(2)34-17-9-13(4-7-15-20(28)24(32)22(30)18(10-26)35-15)3-5-14(17)6-8-16-21(29)25(33)23(31)19(11-27)36-16/h3,5,9,12,15-16,18-33H,10-11H2,1-2H3. The van der Waals surface area contributed by atoms with Gasteiger partial charge in [-0.15, -0.1) is 0 Å². The topological polar surface area (TPSA) is 190 Å². The fourth-order valence-corrected chi connectivity index (χ4v) is 3.80. The first-order valence-corrected chi connectivity index (χ1v) is 11.5. The maximum absolute atomic E-state index is 10.2. The second-order valence-electron chi connectivity index (χ2n) is 8.92. The molecule has 0 spiro atoms. The highest BCUT2D eigenvalue weighted by atomic mass is 16.5. The van der Waals surface area contributed by atoms with Crippen molar-refractivity contribution in [3.05, 3.63) is 29.3 Å². The number of hydrogen-bond donors (Lipinski definition) is 8. The summed E-state index contributed by atoms with van der Waals surface area (Å²) < 4.78 is 16.6. The van der Waals surface area contributed by atoms with Crippen molar-refractivity contribution in [2.24, 2.45) is 0 Å². The predicted octanol–water partition coefficient (Wildman–Crippen LogP) is -3.14. The number of ether oxygens (including phenoxy) is 3. The lowest BCUT2D eigenvalue weighted by molar-refractivity contribution is -0.214. The molecule has 8 N–H and O–H groups in total. The molecule has 198 valence electrons. The Hall–Kier alpha value is -2.26. The van der Waals surface area contributed by atoms with Crippen LogP contribution in [0, 0.1) is 23.7 Å². The van der Waals surface area contributed by atoms with E-state index in [1.54, 1.807) is 32.0 Å². The van der Waals surface area contributed by atoms with Crippen LogP contribution in [0.1, 0.15) is 25.0 Å². The van der Waals surface area contributed by atoms with Gasteiger partial charge in [-0.1, -0.05) is 23.7 Å². The molecule has 36 heavy (non-hydrogen) atoms. The van der Waals surface area contributed by atoms with Crippen LogP contribution in [0.3, 0.4) is 0 Å². The van der Waals surface area contributed by atoms with Gasteiger partial charge < -0.3 is 55.1 Å². The molecule has 1 aromatic carbocycles. The molecule has 2 saturated heterocycles. The van der Waals surface area contributed by atoms with E-state index in [0.29, 0.717) is 16.9 Å². The van der Waals surface area contributed by atoms with E-state index in [2.05, 4.69) is 23.7 Å². The Morgan fingerprint density at radius 2 is 1.25 bits per heavy atom. The fourth-order valence-electron chi connectivity index (χ4n) is 3.80. The molecule has 0 radical (unpaired) electrons. The summed E-state index contributed by atoms with van der Waals surface area (Å²) in [6.45, 7) is 2.49. The van der Waals surface area contributed by atoms with Crippen LogP contribution in [-0.2, 0) is 9.47 Å². The third-order valence-electron chi connectivity index (χ3n) is 5.84. The Morgan fingerprint density at radius 1 is 0.750 bits per heavy atom. The molecule has 0 amide bonds. The minimum atomic E-state index is -1.54. The molecule has 0 aliphatic carbocycles. The summed E-state index contributed by atoms with van der Waals surface area (Å²) in [5.41, 5.74) is 0.875. The molecule has 1 aromatic rings. The van der Waals surface area contributed by atoms with Crippen molar-refractivity contribution in [1.29, 1.82) is 0 Å². The Labute approximate surface area is 208 Å². The van der Waals surface area contributed by atoms with Gasteiger partial charge >= 0.3 is 0 Å². The maximum Gasteiger partial charge on any atom is 0.147 e. The average molecular weight is 509 g/mol. The first-order chi connectivity index (χ1) is 17.1. The predicted molar refractivity (Wildman–Crippen MR) is 123 cm³/mol. The Balaban J connectivity index is 1.84. The molecule has 2 fully saturated rings. The third-order valence-corrected chi connectivity index (χ3v) is 5.84. The molecule has 11 heteroatoms. The highest BCUT2D eigenvalue weighted by molar-refractivity contribution is 5.52. The van der Waals surface area contributed by atoms with Gasteiger partial charge in [-0.05, 0) is 32.0 Å². The van der Waals surface area contributed by atoms with Crippen LogP contribution < -0.4 is 4.74 Å². The van der Waals surface area contributed by atoms with Gasteiger partial charge in [0.2, 0.25) is 0 Å². The first-order valence-electron chi connectivity index (χ1n) is 11.5. The van der Waals surface area contributed by atoms with E-state index < -0.39 is 74.3 Å². The van der Waals surface area contributed by atoms with Gasteiger partial charge in [0.25, 0.3) is 0 Å². The van der Waals surface area contributed by atoms with Gasteiger partial charge in [0.1, 0.15) is 66.8 Å². The van der Waals surface area contributed by atoms with Gasteiger partial charge in [0.15, 0.2) is 0 Å². The van der Waals surface area contributed by atoms with Crippen molar-refractivity contribution < 1.29 is 55.1 Å². The van der Waals surface area contributed by atoms with E-state index >= 15 is 0 Å². The van der Waals surface area contributed by atoms with Crippen LogP contribution in [0.25, 0.3) is 0 Å². The van der Waals surface area contributed by atoms with Gasteiger partial charge in [0.05, 0.1) is 24.9 Å². The van der Waals surface area contributed by atoms with Crippen LogP contribution in [0.15, 0.2) is 18.2 Å². The van der Waals surface area contributed by atoms with Crippen LogP contribution in [0.2, 0.25) is 0 Å². The molecule has 11 nitrogen and oxygen atoms in total. The van der Waals surface area contributed by atoms with E-state index in [9.17, 15) is 40.9 Å². The molecular formula is C25H32O11. The third kappa shape index (κ3) is 6.35. The second kappa shape index (κ2) is 12.3. The molecule has 2 aliphatic rings. The molecule has 3 rings (SSSR count). The molecule has 10 atom stereocenters. The molecular weight excluding hydrogens is 476 g/mol. The summed E-state index contributed by atoms with van der Waals surface area (Å²) in [5, 5.41) is 78.7. The summed E-state index contributed by atoms with van der Waals surface area (Å²) in [6, 6.07) is 4.81. The molecule has 0 bridgehead atoms. The molecule has 10 unspecified atom stereocenters. The molecule has 2 heterocycles. The largest absolute Gasteiger partial charge is 0.490 e. The van der Waals surface area contributed by atoms with Gasteiger partial charge in [-0.25, -0.2) is 0 Å². The highest BCUT2D eigenvalue weighted by Gasteiger charge is 2.43. The minimum absolute atomic E-state index is 0.230. The monoisotopic (exact) mass is 508 g/mol. The highest BCUT2D eigenvalue weighted by Crippen LogP contribution is 2.24. The fraction of sp³-hybridized carbons (Fsp3) is 0.600. The summed E-state index contributed by atoms with van der Waals surface area (Å²) in [6.07, 6.45) is -13.7. The first kappa shape index (κ1) is 28.3. The van der Waals surface area contributed by atoms with Crippen LogP contribution in [0.5, 0.6) is 5.75 Å². The van der Waals surface area contributed by atoms with Crippen molar-refractivity contribution >= 4 is 0 Å². The van der Waals surface area contributed by atoms with Gasteiger partial charge in [-0.2, -0.15) is 0 Å². The Kier molecular flexibility index (Phi) is 9.69. The number of benzene rings is 1. The van der Waals surface area contributed by atoms with Crippen molar-refractivity contribution in [2.45, 2.75) is 81.0 Å². The van der Waals surface area contributed by atoms with Crippen molar-refractivity contribution in [3.8, 4) is 29.4 Å². The smallest absolute Gasteiger partial charge is 0.147 e. The summed E-state index contributed by atoms with van der Waals surface area (Å²) >= 11 is 0. The molecule has 0 aromatic heterocycles. The van der Waals surface area contributed by atoms with Crippen LogP contribution in [-0.4, -0.2) is 121 Å². The van der Waals surface area contributed by atoms with E-state index in [0.717, 1.165) is 0 Å². The minimum Gasteiger partial charge on any atom is -0.490 e. The van der Waals surface area contributed by atoms with E-state index in [-0.39, 0.29) is 6.10 Å². The average Bonchev–Trinajstić information content (AvgIpc) is 2.85. The van der Waals surface area contributed by atoms with Crippen LogP contribution in [0.4, 0.5) is 0 Å². The number of aliphatic hydroxyl groups is 8. The quantitative estimate of drug-likeness (QED) is 0.192. The lowest BCUT2D eigenvalue weighted by atomic mass is 9.95.